The van der Waals surface area contributed by atoms with Gasteiger partial charge in [-0.15, -0.1) is 0 Å². The molecule has 0 N–H and O–H groups in total. The summed E-state index contributed by atoms with van der Waals surface area (Å²) in [5.74, 6) is -0.231. The van der Waals surface area contributed by atoms with Crippen LogP contribution in [0.4, 0.5) is 11.5 Å². The van der Waals surface area contributed by atoms with Crippen molar-refractivity contribution in [1.82, 2.24) is 9.88 Å². The van der Waals surface area contributed by atoms with Crippen molar-refractivity contribution < 1.29 is 9.72 Å². The van der Waals surface area contributed by atoms with Gasteiger partial charge in [0.15, 0.2) is 6.20 Å². The zero-order chi connectivity index (χ0) is 13.8. The standard InChI is InChI=1S/C12H14N4O3/c1-2-12(17)15-7-5-14(6-8-15)10-3-4-11(13-9-10)16(18)19/h2-4,9H,1,5-8H2. The third-order valence-electron chi connectivity index (χ3n) is 3.05. The second-order valence-corrected chi connectivity index (χ2v) is 4.15. The molecule has 2 rings (SSSR count). The Morgan fingerprint density at radius 2 is 2.05 bits per heavy atom. The molecule has 7 heteroatoms. The Bertz CT molecular complexity index is 492. The van der Waals surface area contributed by atoms with Crippen molar-refractivity contribution in [1.29, 1.82) is 0 Å². The molecule has 0 saturated carbocycles. The Labute approximate surface area is 110 Å². The van der Waals surface area contributed by atoms with Gasteiger partial charge >= 0.3 is 5.82 Å². The molecule has 1 fully saturated rings. The fourth-order valence-electron chi connectivity index (χ4n) is 1.99. The van der Waals surface area contributed by atoms with Gasteiger partial charge in [0.05, 0.1) is 5.69 Å². The van der Waals surface area contributed by atoms with E-state index in [9.17, 15) is 14.9 Å². The number of carbonyl (C=O) groups is 1. The van der Waals surface area contributed by atoms with Gasteiger partial charge in [0.2, 0.25) is 5.91 Å². The van der Waals surface area contributed by atoms with Crippen molar-refractivity contribution in [3.8, 4) is 0 Å². The predicted octanol–water partition coefficient (Wildman–Crippen LogP) is 0.824. The summed E-state index contributed by atoms with van der Waals surface area (Å²) >= 11 is 0. The summed E-state index contributed by atoms with van der Waals surface area (Å²) < 4.78 is 0. The summed E-state index contributed by atoms with van der Waals surface area (Å²) in [6.07, 6.45) is 2.80. The van der Waals surface area contributed by atoms with Crippen LogP contribution in [-0.4, -0.2) is 46.9 Å². The first-order chi connectivity index (χ1) is 9.11. The lowest BCUT2D eigenvalue weighted by atomic mass is 10.2. The molecular formula is C12H14N4O3. The molecule has 7 nitrogen and oxygen atoms in total. The maximum atomic E-state index is 11.4. The first-order valence-electron chi connectivity index (χ1n) is 5.88. The summed E-state index contributed by atoms with van der Waals surface area (Å²) in [6.45, 7) is 6.05. The van der Waals surface area contributed by atoms with Crippen LogP contribution in [0.15, 0.2) is 31.0 Å². The summed E-state index contributed by atoms with van der Waals surface area (Å²) in [5, 5.41) is 10.5. The van der Waals surface area contributed by atoms with E-state index in [2.05, 4.69) is 11.6 Å². The average Bonchev–Trinajstić information content (AvgIpc) is 2.46. The zero-order valence-electron chi connectivity index (χ0n) is 10.4. The summed E-state index contributed by atoms with van der Waals surface area (Å²) in [4.78, 5) is 29.0. The van der Waals surface area contributed by atoms with Crippen LogP contribution in [0.25, 0.3) is 0 Å². The fourth-order valence-corrected chi connectivity index (χ4v) is 1.99. The first-order valence-corrected chi connectivity index (χ1v) is 5.88. The number of anilines is 1. The largest absolute Gasteiger partial charge is 0.365 e. The summed E-state index contributed by atoms with van der Waals surface area (Å²) in [5.41, 5.74) is 0.830. The molecular weight excluding hydrogens is 248 g/mol. The minimum Gasteiger partial charge on any atom is -0.365 e. The molecule has 2 heterocycles. The van der Waals surface area contributed by atoms with Crippen LogP contribution in [0.3, 0.4) is 0 Å². The summed E-state index contributed by atoms with van der Waals surface area (Å²) in [6, 6.07) is 3.06. The van der Waals surface area contributed by atoms with Crippen LogP contribution in [0, 0.1) is 10.1 Å². The Morgan fingerprint density at radius 1 is 1.37 bits per heavy atom. The van der Waals surface area contributed by atoms with Crippen LogP contribution in [-0.2, 0) is 4.79 Å². The van der Waals surface area contributed by atoms with E-state index in [0.717, 1.165) is 5.69 Å². The molecule has 100 valence electrons. The van der Waals surface area contributed by atoms with Crippen LogP contribution in [0.1, 0.15) is 0 Å². The molecule has 1 aromatic rings. The van der Waals surface area contributed by atoms with E-state index in [-0.39, 0.29) is 11.7 Å². The third kappa shape index (κ3) is 2.87. The summed E-state index contributed by atoms with van der Waals surface area (Å²) in [7, 11) is 0. The number of hydrogen-bond donors (Lipinski definition) is 0. The lowest BCUT2D eigenvalue weighted by Crippen LogP contribution is -2.48. The number of nitrogens with zero attached hydrogens (tertiary/aromatic N) is 4. The van der Waals surface area contributed by atoms with E-state index in [1.54, 1.807) is 11.0 Å². The fraction of sp³-hybridized carbons (Fsp3) is 0.333. The number of rotatable bonds is 3. The molecule has 1 saturated heterocycles. The number of pyridine rings is 1. The maximum Gasteiger partial charge on any atom is 0.363 e. The molecule has 1 aliphatic rings. The van der Waals surface area contributed by atoms with E-state index in [1.807, 2.05) is 4.90 Å². The van der Waals surface area contributed by atoms with Gasteiger partial charge in [-0.05, 0) is 22.0 Å². The first kappa shape index (κ1) is 13.0. The van der Waals surface area contributed by atoms with Gasteiger partial charge in [-0.3, -0.25) is 4.79 Å². The quantitative estimate of drug-likeness (QED) is 0.458. The molecule has 0 atom stereocenters. The van der Waals surface area contributed by atoms with E-state index in [4.69, 9.17) is 0 Å². The third-order valence-corrected chi connectivity index (χ3v) is 3.05. The Hall–Kier alpha value is -2.44. The maximum absolute atomic E-state index is 11.4. The minimum absolute atomic E-state index is 0.0681. The van der Waals surface area contributed by atoms with Crippen molar-refractivity contribution in [2.45, 2.75) is 0 Å². The molecule has 0 bridgehead atoms. The lowest BCUT2D eigenvalue weighted by molar-refractivity contribution is -0.389. The van der Waals surface area contributed by atoms with E-state index in [1.165, 1.54) is 18.3 Å². The number of carbonyl (C=O) groups excluding carboxylic acids is 1. The molecule has 1 amide bonds. The monoisotopic (exact) mass is 262 g/mol. The molecule has 19 heavy (non-hydrogen) atoms. The molecule has 0 spiro atoms. The average molecular weight is 262 g/mol. The van der Waals surface area contributed by atoms with Gasteiger partial charge in [0, 0.05) is 32.2 Å². The Kier molecular flexibility index (Phi) is 3.74. The number of amides is 1. The highest BCUT2D eigenvalue weighted by atomic mass is 16.6. The smallest absolute Gasteiger partial charge is 0.363 e. The highest BCUT2D eigenvalue weighted by Crippen LogP contribution is 2.18. The van der Waals surface area contributed by atoms with Gasteiger partial charge in [-0.1, -0.05) is 6.58 Å². The number of hydrogen-bond acceptors (Lipinski definition) is 5. The Morgan fingerprint density at radius 3 is 2.53 bits per heavy atom. The van der Waals surface area contributed by atoms with Crippen molar-refractivity contribution in [2.75, 3.05) is 31.1 Å². The van der Waals surface area contributed by atoms with Crippen molar-refractivity contribution >= 4 is 17.4 Å². The molecule has 0 aromatic carbocycles. The van der Waals surface area contributed by atoms with Crippen molar-refractivity contribution in [3.63, 3.8) is 0 Å². The number of nitro groups is 1. The molecule has 1 aliphatic heterocycles. The SMILES string of the molecule is C=CC(=O)N1CCN(c2ccc([N+](=O)[O-])nc2)CC1. The van der Waals surface area contributed by atoms with Crippen molar-refractivity contribution in [3.05, 3.63) is 41.1 Å². The van der Waals surface area contributed by atoms with Gasteiger partial charge in [-0.2, -0.15) is 0 Å². The van der Waals surface area contributed by atoms with Gasteiger partial charge in [0.1, 0.15) is 0 Å². The van der Waals surface area contributed by atoms with Gasteiger partial charge < -0.3 is 19.9 Å². The molecule has 0 radical (unpaired) electrons. The van der Waals surface area contributed by atoms with Gasteiger partial charge in [-0.25, -0.2) is 0 Å². The van der Waals surface area contributed by atoms with E-state index < -0.39 is 4.92 Å². The lowest BCUT2D eigenvalue weighted by Gasteiger charge is -2.34. The van der Waals surface area contributed by atoms with Gasteiger partial charge in [0.25, 0.3) is 0 Å². The second-order valence-electron chi connectivity index (χ2n) is 4.15. The zero-order valence-corrected chi connectivity index (χ0v) is 10.4. The highest BCUT2D eigenvalue weighted by molar-refractivity contribution is 5.87. The minimum atomic E-state index is -0.523. The van der Waals surface area contributed by atoms with Crippen LogP contribution >= 0.6 is 0 Å². The van der Waals surface area contributed by atoms with Crippen LogP contribution < -0.4 is 4.90 Å². The predicted molar refractivity (Wildman–Crippen MR) is 69.9 cm³/mol. The molecule has 1 aromatic heterocycles. The molecule has 0 unspecified atom stereocenters. The topological polar surface area (TPSA) is 79.6 Å². The van der Waals surface area contributed by atoms with Crippen LogP contribution in [0.2, 0.25) is 0 Å². The van der Waals surface area contributed by atoms with E-state index in [0.29, 0.717) is 26.2 Å². The van der Waals surface area contributed by atoms with Crippen molar-refractivity contribution in [2.24, 2.45) is 0 Å². The Balaban J connectivity index is 1.99. The molecule has 0 aliphatic carbocycles. The van der Waals surface area contributed by atoms with Crippen LogP contribution in [0.5, 0.6) is 0 Å². The normalized spacial score (nSPS) is 15.2. The number of aromatic nitrogens is 1. The highest BCUT2D eigenvalue weighted by Gasteiger charge is 2.20. The van der Waals surface area contributed by atoms with E-state index >= 15 is 0 Å². The number of piperazine rings is 1. The second kappa shape index (κ2) is 5.47.